The zero-order valence-electron chi connectivity index (χ0n) is 17.7. The molecule has 0 radical (unpaired) electrons. The Morgan fingerprint density at radius 1 is 0.562 bits per heavy atom. The van der Waals surface area contributed by atoms with Gasteiger partial charge in [-0.2, -0.15) is 0 Å². The first-order chi connectivity index (χ1) is 15.3. The van der Waals surface area contributed by atoms with Crippen molar-refractivity contribution in [3.63, 3.8) is 0 Å². The van der Waals surface area contributed by atoms with Crippen LogP contribution in [0.2, 0.25) is 0 Å². The van der Waals surface area contributed by atoms with Gasteiger partial charge >= 0.3 is 11.9 Å². The molecule has 0 bridgehead atoms. The number of hydrogen-bond acceptors (Lipinski definition) is 4. The van der Waals surface area contributed by atoms with Crippen molar-refractivity contribution < 1.29 is 29.4 Å². The van der Waals surface area contributed by atoms with Gasteiger partial charge in [0, 0.05) is 22.3 Å². The molecule has 6 nitrogen and oxygen atoms in total. The largest absolute Gasteiger partial charge is 0.478 e. The van der Waals surface area contributed by atoms with Crippen molar-refractivity contribution in [1.29, 1.82) is 0 Å². The summed E-state index contributed by atoms with van der Waals surface area (Å²) in [5.74, 6) is -4.10. The summed E-state index contributed by atoms with van der Waals surface area (Å²) in [6, 6.07) is 15.3. The van der Waals surface area contributed by atoms with Gasteiger partial charge in [0.2, 0.25) is 0 Å². The van der Waals surface area contributed by atoms with Crippen LogP contribution in [0.4, 0.5) is 0 Å². The van der Waals surface area contributed by atoms with E-state index in [9.17, 15) is 29.4 Å². The fourth-order valence-corrected chi connectivity index (χ4v) is 3.42. The number of aryl methyl sites for hydroxylation is 2. The Morgan fingerprint density at radius 3 is 1.12 bits per heavy atom. The quantitative estimate of drug-likeness (QED) is 0.503. The molecular formula is C26H22O6. The van der Waals surface area contributed by atoms with Crippen LogP contribution in [0.5, 0.6) is 0 Å². The van der Waals surface area contributed by atoms with E-state index in [4.69, 9.17) is 0 Å². The third-order valence-electron chi connectivity index (χ3n) is 5.36. The van der Waals surface area contributed by atoms with Crippen molar-refractivity contribution in [2.45, 2.75) is 26.7 Å². The molecule has 3 aromatic carbocycles. The molecule has 3 aromatic rings. The summed E-state index contributed by atoms with van der Waals surface area (Å²) in [5.41, 5.74) is 1.06. The number of aromatic carboxylic acids is 2. The Kier molecular flexibility index (Phi) is 6.64. The number of ketones is 2. The van der Waals surface area contributed by atoms with Crippen molar-refractivity contribution in [3.8, 4) is 0 Å². The summed E-state index contributed by atoms with van der Waals surface area (Å²) in [6.07, 6.45) is 1.54. The highest BCUT2D eigenvalue weighted by atomic mass is 16.4. The zero-order valence-corrected chi connectivity index (χ0v) is 17.7. The second-order valence-electron chi connectivity index (χ2n) is 7.31. The van der Waals surface area contributed by atoms with Crippen molar-refractivity contribution in [1.82, 2.24) is 0 Å². The number of hydrogen-bond donors (Lipinski definition) is 2. The van der Waals surface area contributed by atoms with Crippen LogP contribution in [0.1, 0.15) is 77.5 Å². The van der Waals surface area contributed by atoms with Crippen LogP contribution < -0.4 is 0 Å². The lowest BCUT2D eigenvalue weighted by atomic mass is 9.89. The molecule has 0 aliphatic carbocycles. The molecule has 0 heterocycles. The van der Waals surface area contributed by atoms with Crippen LogP contribution in [-0.2, 0) is 12.8 Å². The highest BCUT2D eigenvalue weighted by Gasteiger charge is 2.26. The Bertz CT molecular complexity index is 1110. The smallest absolute Gasteiger partial charge is 0.336 e. The molecule has 0 saturated carbocycles. The van der Waals surface area contributed by atoms with E-state index in [1.165, 1.54) is 0 Å². The van der Waals surface area contributed by atoms with Gasteiger partial charge in [-0.3, -0.25) is 9.59 Å². The first-order valence-corrected chi connectivity index (χ1v) is 10.2. The Labute approximate surface area is 185 Å². The summed E-state index contributed by atoms with van der Waals surface area (Å²) in [6.45, 7) is 3.92. The van der Waals surface area contributed by atoms with Gasteiger partial charge in [0.15, 0.2) is 11.6 Å². The highest BCUT2D eigenvalue weighted by molar-refractivity contribution is 6.19. The molecule has 0 aromatic heterocycles. The van der Waals surface area contributed by atoms with E-state index in [0.717, 1.165) is 36.1 Å². The summed E-state index contributed by atoms with van der Waals surface area (Å²) in [5, 5.41) is 19.4. The maximum Gasteiger partial charge on any atom is 0.336 e. The second-order valence-corrected chi connectivity index (χ2v) is 7.31. The van der Waals surface area contributed by atoms with Crippen LogP contribution in [0, 0.1) is 0 Å². The molecule has 3 rings (SSSR count). The van der Waals surface area contributed by atoms with E-state index in [2.05, 4.69) is 0 Å². The second kappa shape index (κ2) is 9.39. The van der Waals surface area contributed by atoms with Crippen molar-refractivity contribution in [2.24, 2.45) is 0 Å². The van der Waals surface area contributed by atoms with Crippen LogP contribution in [0.3, 0.4) is 0 Å². The predicted molar refractivity (Wildman–Crippen MR) is 119 cm³/mol. The fraction of sp³-hybridized carbons (Fsp3) is 0.154. The van der Waals surface area contributed by atoms with E-state index in [-0.39, 0.29) is 22.3 Å². The van der Waals surface area contributed by atoms with Crippen molar-refractivity contribution in [2.75, 3.05) is 0 Å². The van der Waals surface area contributed by atoms with Crippen LogP contribution >= 0.6 is 0 Å². The first kappa shape index (κ1) is 22.6. The summed E-state index contributed by atoms with van der Waals surface area (Å²) < 4.78 is 0. The number of carbonyl (C=O) groups is 4. The predicted octanol–water partition coefficient (Wildman–Crippen LogP) is 4.67. The number of benzene rings is 3. The number of carboxylic acid groups (broad SMARTS) is 2. The third-order valence-corrected chi connectivity index (χ3v) is 5.36. The molecule has 2 N–H and O–H groups in total. The van der Waals surface area contributed by atoms with E-state index >= 15 is 0 Å². The van der Waals surface area contributed by atoms with E-state index in [0.29, 0.717) is 0 Å². The minimum absolute atomic E-state index is 0.232. The summed E-state index contributed by atoms with van der Waals surface area (Å²) >= 11 is 0. The van der Waals surface area contributed by atoms with Crippen LogP contribution in [0.25, 0.3) is 0 Å². The molecule has 162 valence electrons. The molecule has 0 atom stereocenters. The minimum Gasteiger partial charge on any atom is -0.478 e. The molecule has 0 aliphatic heterocycles. The molecule has 0 spiro atoms. The maximum absolute atomic E-state index is 13.0. The summed E-state index contributed by atoms with van der Waals surface area (Å²) in [4.78, 5) is 49.9. The van der Waals surface area contributed by atoms with Gasteiger partial charge in [0.05, 0.1) is 11.1 Å². The van der Waals surface area contributed by atoms with E-state index in [1.807, 2.05) is 13.8 Å². The van der Waals surface area contributed by atoms with E-state index in [1.54, 1.807) is 48.5 Å². The average Bonchev–Trinajstić information content (AvgIpc) is 2.82. The Hall–Kier alpha value is -4.06. The first-order valence-electron chi connectivity index (χ1n) is 10.2. The molecule has 0 amide bonds. The van der Waals surface area contributed by atoms with Gasteiger partial charge in [0.1, 0.15) is 0 Å². The van der Waals surface area contributed by atoms with Gasteiger partial charge in [-0.15, -0.1) is 0 Å². The highest BCUT2D eigenvalue weighted by Crippen LogP contribution is 2.24. The fourth-order valence-electron chi connectivity index (χ4n) is 3.42. The minimum atomic E-state index is -1.43. The standard InChI is InChI=1S/C26H22O6/c1-3-15-5-9-17(10-6-15)23(27)19-13-22(26(31)32)20(14-21(19)25(29)30)24(28)18-11-7-16(4-2)8-12-18/h5-14H,3-4H2,1-2H3,(H,29,30)(H,31,32). The van der Waals surface area contributed by atoms with Gasteiger partial charge in [-0.25, -0.2) is 9.59 Å². The molecule has 0 fully saturated rings. The Morgan fingerprint density at radius 2 is 0.875 bits per heavy atom. The van der Waals surface area contributed by atoms with Gasteiger partial charge < -0.3 is 10.2 Å². The maximum atomic E-state index is 13.0. The lowest BCUT2D eigenvalue weighted by molar-refractivity contribution is 0.0677. The Balaban J connectivity index is 2.14. The van der Waals surface area contributed by atoms with Crippen LogP contribution in [0.15, 0.2) is 60.7 Å². The molecule has 0 unspecified atom stereocenters. The van der Waals surface area contributed by atoms with Gasteiger partial charge in [-0.05, 0) is 36.1 Å². The SMILES string of the molecule is CCc1ccc(C(=O)c2cc(C(=O)O)c(C(=O)c3ccc(CC)cc3)cc2C(=O)O)cc1. The zero-order chi connectivity index (χ0) is 23.4. The lowest BCUT2D eigenvalue weighted by Gasteiger charge is -2.12. The number of carboxylic acids is 2. The topological polar surface area (TPSA) is 109 Å². The number of carbonyl (C=O) groups excluding carboxylic acids is 2. The molecule has 0 aliphatic rings. The summed E-state index contributed by atoms with van der Waals surface area (Å²) in [7, 11) is 0. The van der Waals surface area contributed by atoms with Crippen molar-refractivity contribution >= 4 is 23.5 Å². The molecule has 0 saturated heterocycles. The van der Waals surface area contributed by atoms with E-state index < -0.39 is 34.6 Å². The molecule has 32 heavy (non-hydrogen) atoms. The van der Waals surface area contributed by atoms with Gasteiger partial charge in [-0.1, -0.05) is 62.4 Å². The normalized spacial score (nSPS) is 10.6. The number of rotatable bonds is 8. The average molecular weight is 430 g/mol. The monoisotopic (exact) mass is 430 g/mol. The molecular weight excluding hydrogens is 408 g/mol. The van der Waals surface area contributed by atoms with Crippen molar-refractivity contribution in [3.05, 3.63) is 105 Å². The lowest BCUT2D eigenvalue weighted by Crippen LogP contribution is -2.17. The van der Waals surface area contributed by atoms with Crippen LogP contribution in [-0.4, -0.2) is 33.7 Å². The molecule has 6 heteroatoms. The van der Waals surface area contributed by atoms with Gasteiger partial charge in [0.25, 0.3) is 0 Å². The third kappa shape index (κ3) is 4.49.